The SMILES string of the molecule is CCOC(=O)COc1ccc(/C=N\NC(=O)CCCc2ccc(OC)cc2C)cc1. The number of nitrogens with one attached hydrogen (secondary N) is 1. The highest BCUT2D eigenvalue weighted by Gasteiger charge is 2.04. The summed E-state index contributed by atoms with van der Waals surface area (Å²) in [4.78, 5) is 23.2. The maximum absolute atomic E-state index is 12.0. The average Bonchev–Trinajstić information content (AvgIpc) is 2.74. The number of methoxy groups -OCH3 is 1. The number of amides is 1. The Morgan fingerprint density at radius 2 is 1.83 bits per heavy atom. The van der Waals surface area contributed by atoms with Gasteiger partial charge in [-0.1, -0.05) is 6.07 Å². The summed E-state index contributed by atoms with van der Waals surface area (Å²) in [5, 5.41) is 3.98. The molecule has 2 aromatic rings. The van der Waals surface area contributed by atoms with Crippen molar-refractivity contribution in [3.8, 4) is 11.5 Å². The van der Waals surface area contributed by atoms with Crippen molar-refractivity contribution in [2.24, 2.45) is 5.10 Å². The van der Waals surface area contributed by atoms with Gasteiger partial charge >= 0.3 is 5.97 Å². The summed E-state index contributed by atoms with van der Waals surface area (Å²) in [5.41, 5.74) is 5.70. The lowest BCUT2D eigenvalue weighted by Crippen LogP contribution is -2.17. The first-order valence-corrected chi connectivity index (χ1v) is 9.85. The molecule has 2 aromatic carbocycles. The van der Waals surface area contributed by atoms with Gasteiger partial charge in [-0.15, -0.1) is 0 Å². The van der Waals surface area contributed by atoms with Crippen LogP contribution < -0.4 is 14.9 Å². The van der Waals surface area contributed by atoms with Crippen molar-refractivity contribution in [3.05, 3.63) is 59.2 Å². The largest absolute Gasteiger partial charge is 0.497 e. The summed E-state index contributed by atoms with van der Waals surface area (Å²) in [6.07, 6.45) is 3.51. The third-order valence-electron chi connectivity index (χ3n) is 4.34. The Kier molecular flexibility index (Phi) is 9.37. The molecule has 0 aliphatic rings. The van der Waals surface area contributed by atoms with Crippen LogP contribution in [0.4, 0.5) is 0 Å². The zero-order valence-electron chi connectivity index (χ0n) is 17.6. The molecular weight excluding hydrogens is 384 g/mol. The van der Waals surface area contributed by atoms with E-state index in [9.17, 15) is 9.59 Å². The molecule has 0 bridgehead atoms. The van der Waals surface area contributed by atoms with Crippen molar-refractivity contribution >= 4 is 18.1 Å². The minimum absolute atomic E-state index is 0.132. The van der Waals surface area contributed by atoms with E-state index in [4.69, 9.17) is 14.2 Å². The Balaban J connectivity index is 1.70. The number of hydrazone groups is 1. The number of nitrogens with zero attached hydrogens (tertiary/aromatic N) is 1. The van der Waals surface area contributed by atoms with Gasteiger partial charge in [0.2, 0.25) is 5.91 Å². The standard InChI is InChI=1S/C23H28N2O5/c1-4-29-23(27)16-30-20-11-8-18(9-12-20)15-24-25-22(26)7-5-6-19-10-13-21(28-3)14-17(19)2/h8-15H,4-7,16H2,1-3H3,(H,25,26)/b24-15-. The molecule has 7 heteroatoms. The van der Waals surface area contributed by atoms with Crippen molar-refractivity contribution in [3.63, 3.8) is 0 Å². The molecule has 30 heavy (non-hydrogen) atoms. The molecular formula is C23H28N2O5. The number of hydrogen-bond donors (Lipinski definition) is 1. The molecule has 0 aliphatic heterocycles. The Hall–Kier alpha value is -3.35. The molecule has 0 aromatic heterocycles. The smallest absolute Gasteiger partial charge is 0.344 e. The van der Waals surface area contributed by atoms with Crippen molar-refractivity contribution in [1.29, 1.82) is 0 Å². The van der Waals surface area contributed by atoms with E-state index in [1.165, 1.54) is 5.56 Å². The van der Waals surface area contributed by atoms with Gasteiger partial charge in [-0.25, -0.2) is 10.2 Å². The maximum Gasteiger partial charge on any atom is 0.344 e. The molecule has 0 radical (unpaired) electrons. The van der Waals surface area contributed by atoms with Gasteiger partial charge in [0, 0.05) is 6.42 Å². The molecule has 1 N–H and O–H groups in total. The molecule has 160 valence electrons. The van der Waals surface area contributed by atoms with E-state index in [2.05, 4.69) is 10.5 Å². The highest BCUT2D eigenvalue weighted by atomic mass is 16.6. The zero-order valence-corrected chi connectivity index (χ0v) is 17.6. The predicted octanol–water partition coefficient (Wildman–Crippen LogP) is 3.42. The van der Waals surface area contributed by atoms with Crippen LogP contribution in [-0.4, -0.2) is 38.4 Å². The Morgan fingerprint density at radius 3 is 2.50 bits per heavy atom. The summed E-state index contributed by atoms with van der Waals surface area (Å²) in [5.74, 6) is 0.847. The van der Waals surface area contributed by atoms with E-state index in [-0.39, 0.29) is 12.5 Å². The average molecular weight is 412 g/mol. The molecule has 0 aliphatic carbocycles. The monoisotopic (exact) mass is 412 g/mol. The van der Waals surface area contributed by atoms with Gasteiger partial charge in [-0.2, -0.15) is 5.10 Å². The quantitative estimate of drug-likeness (QED) is 0.347. The molecule has 0 spiro atoms. The van der Waals surface area contributed by atoms with Crippen molar-refractivity contribution in [2.45, 2.75) is 33.1 Å². The van der Waals surface area contributed by atoms with E-state index in [0.717, 1.165) is 29.7 Å². The third-order valence-corrected chi connectivity index (χ3v) is 4.34. The zero-order chi connectivity index (χ0) is 21.8. The van der Waals surface area contributed by atoms with Crippen LogP contribution in [-0.2, 0) is 20.7 Å². The lowest BCUT2D eigenvalue weighted by atomic mass is 10.0. The van der Waals surface area contributed by atoms with E-state index < -0.39 is 5.97 Å². The highest BCUT2D eigenvalue weighted by Crippen LogP contribution is 2.18. The molecule has 0 heterocycles. The number of hydrogen-bond acceptors (Lipinski definition) is 6. The molecule has 1 amide bonds. The van der Waals surface area contributed by atoms with E-state index in [1.54, 1.807) is 44.5 Å². The fourth-order valence-corrected chi connectivity index (χ4v) is 2.74. The van der Waals surface area contributed by atoms with E-state index in [1.807, 2.05) is 25.1 Å². The molecule has 7 nitrogen and oxygen atoms in total. The number of carbonyl (C=O) groups excluding carboxylic acids is 2. The summed E-state index contributed by atoms with van der Waals surface area (Å²) in [6, 6.07) is 13.0. The molecule has 2 rings (SSSR count). The van der Waals surface area contributed by atoms with Crippen LogP contribution in [0.1, 0.15) is 36.5 Å². The van der Waals surface area contributed by atoms with Crippen LogP contribution in [0, 0.1) is 6.92 Å². The topological polar surface area (TPSA) is 86.2 Å². The molecule has 0 atom stereocenters. The van der Waals surface area contributed by atoms with Crippen LogP contribution in [0.15, 0.2) is 47.6 Å². The van der Waals surface area contributed by atoms with Gasteiger partial charge in [0.25, 0.3) is 0 Å². The van der Waals surface area contributed by atoms with Crippen molar-refractivity contribution in [1.82, 2.24) is 5.43 Å². The lowest BCUT2D eigenvalue weighted by Gasteiger charge is -2.07. The van der Waals surface area contributed by atoms with Gasteiger partial charge < -0.3 is 14.2 Å². The molecule has 0 fully saturated rings. The summed E-state index contributed by atoms with van der Waals surface area (Å²) in [7, 11) is 1.65. The highest BCUT2D eigenvalue weighted by molar-refractivity contribution is 5.82. The number of aryl methyl sites for hydroxylation is 2. The van der Waals surface area contributed by atoms with Crippen LogP contribution in [0.3, 0.4) is 0 Å². The maximum atomic E-state index is 12.0. The second-order valence-electron chi connectivity index (χ2n) is 6.60. The lowest BCUT2D eigenvalue weighted by molar-refractivity contribution is -0.145. The number of benzene rings is 2. The molecule has 0 unspecified atom stereocenters. The van der Waals surface area contributed by atoms with Crippen LogP contribution in [0.5, 0.6) is 11.5 Å². The fraction of sp³-hybridized carbons (Fsp3) is 0.348. The first-order chi connectivity index (χ1) is 14.5. The van der Waals surface area contributed by atoms with Crippen LogP contribution >= 0.6 is 0 Å². The first-order valence-electron chi connectivity index (χ1n) is 9.85. The van der Waals surface area contributed by atoms with E-state index in [0.29, 0.717) is 18.8 Å². The minimum atomic E-state index is -0.409. The van der Waals surface area contributed by atoms with Gasteiger partial charge in [0.1, 0.15) is 11.5 Å². The fourth-order valence-electron chi connectivity index (χ4n) is 2.74. The van der Waals surface area contributed by atoms with Crippen molar-refractivity contribution in [2.75, 3.05) is 20.3 Å². The van der Waals surface area contributed by atoms with Gasteiger partial charge in [0.05, 0.1) is 19.9 Å². The summed E-state index contributed by atoms with van der Waals surface area (Å²) >= 11 is 0. The number of ether oxygens (including phenoxy) is 3. The van der Waals surface area contributed by atoms with Gasteiger partial charge in [0.15, 0.2) is 6.61 Å². The van der Waals surface area contributed by atoms with Gasteiger partial charge in [-0.05, 0) is 79.8 Å². The Bertz CT molecular complexity index is 862. The number of esters is 1. The summed E-state index contributed by atoms with van der Waals surface area (Å²) < 4.78 is 15.3. The van der Waals surface area contributed by atoms with Crippen LogP contribution in [0.2, 0.25) is 0 Å². The molecule has 0 saturated carbocycles. The van der Waals surface area contributed by atoms with Crippen LogP contribution in [0.25, 0.3) is 0 Å². The Morgan fingerprint density at radius 1 is 1.10 bits per heavy atom. The second kappa shape index (κ2) is 12.3. The van der Waals surface area contributed by atoms with Gasteiger partial charge in [-0.3, -0.25) is 4.79 Å². The predicted molar refractivity (Wildman–Crippen MR) is 115 cm³/mol. The second-order valence-corrected chi connectivity index (χ2v) is 6.60. The first kappa shape index (κ1) is 22.9. The molecule has 0 saturated heterocycles. The third kappa shape index (κ3) is 7.95. The summed E-state index contributed by atoms with van der Waals surface area (Å²) in [6.45, 7) is 3.97. The normalized spacial score (nSPS) is 10.6. The number of rotatable bonds is 11. The van der Waals surface area contributed by atoms with E-state index >= 15 is 0 Å². The minimum Gasteiger partial charge on any atom is -0.497 e. The Labute approximate surface area is 177 Å². The number of carbonyl (C=O) groups is 2. The van der Waals surface area contributed by atoms with Crippen molar-refractivity contribution < 1.29 is 23.8 Å².